The summed E-state index contributed by atoms with van der Waals surface area (Å²) in [5.74, 6) is 0.552. The molecule has 2 aromatic heterocycles. The SMILES string of the molecule is CC1CN(C(=O)c2cc(CC3N=NC(=O)c4ccccc43)ccc2F)Cc2nnc(-c3nccn3C)n21. The Hall–Kier alpha value is -4.54. The number of fused-ring (bicyclic) bond motifs is 2. The minimum atomic E-state index is -0.594. The molecule has 2 amide bonds. The Kier molecular flexibility index (Phi) is 5.47. The quantitative estimate of drug-likeness (QED) is 0.423. The molecule has 0 aliphatic carbocycles. The molecule has 0 N–H and O–H groups in total. The molecule has 6 rings (SSSR count). The van der Waals surface area contributed by atoms with E-state index in [-0.39, 0.29) is 30.1 Å². The molecule has 2 aliphatic heterocycles. The zero-order chi connectivity index (χ0) is 25.7. The van der Waals surface area contributed by atoms with Crippen LogP contribution in [-0.2, 0) is 20.0 Å². The summed E-state index contributed by atoms with van der Waals surface area (Å²) >= 11 is 0. The molecule has 10 nitrogen and oxygen atoms in total. The van der Waals surface area contributed by atoms with Gasteiger partial charge in [0.05, 0.1) is 18.2 Å². The summed E-state index contributed by atoms with van der Waals surface area (Å²) in [5.41, 5.74) is 1.99. The largest absolute Gasteiger partial charge is 0.331 e. The van der Waals surface area contributed by atoms with E-state index in [1.165, 1.54) is 6.07 Å². The normalized spacial score (nSPS) is 18.6. The van der Waals surface area contributed by atoms with Crippen LogP contribution < -0.4 is 0 Å². The molecule has 11 heteroatoms. The molecule has 186 valence electrons. The molecule has 0 saturated carbocycles. The zero-order valence-electron chi connectivity index (χ0n) is 20.2. The van der Waals surface area contributed by atoms with E-state index in [0.29, 0.717) is 36.0 Å². The molecule has 0 saturated heterocycles. The predicted octanol–water partition coefficient (Wildman–Crippen LogP) is 3.92. The Morgan fingerprint density at radius 2 is 1.97 bits per heavy atom. The Morgan fingerprint density at radius 3 is 2.78 bits per heavy atom. The first-order chi connectivity index (χ1) is 17.9. The van der Waals surface area contributed by atoms with Gasteiger partial charge in [-0.2, -0.15) is 5.11 Å². The van der Waals surface area contributed by atoms with Gasteiger partial charge in [0.15, 0.2) is 17.5 Å². The highest BCUT2D eigenvalue weighted by molar-refractivity contribution is 5.97. The van der Waals surface area contributed by atoms with Gasteiger partial charge in [0.25, 0.3) is 11.8 Å². The van der Waals surface area contributed by atoms with Gasteiger partial charge in [-0.3, -0.25) is 9.59 Å². The summed E-state index contributed by atoms with van der Waals surface area (Å²) in [5, 5.41) is 16.5. The van der Waals surface area contributed by atoms with Gasteiger partial charge in [0.2, 0.25) is 0 Å². The van der Waals surface area contributed by atoms with Gasteiger partial charge < -0.3 is 14.0 Å². The average Bonchev–Trinajstić information content (AvgIpc) is 3.52. The molecule has 0 spiro atoms. The summed E-state index contributed by atoms with van der Waals surface area (Å²) in [4.78, 5) is 31.5. The molecule has 0 radical (unpaired) electrons. The first-order valence-electron chi connectivity index (χ1n) is 11.9. The van der Waals surface area contributed by atoms with Crippen LogP contribution >= 0.6 is 0 Å². The third kappa shape index (κ3) is 3.92. The Labute approximate surface area is 211 Å². The van der Waals surface area contributed by atoms with E-state index >= 15 is 0 Å². The third-order valence-corrected chi connectivity index (χ3v) is 6.86. The van der Waals surface area contributed by atoms with Crippen LogP contribution in [0.5, 0.6) is 0 Å². The highest BCUT2D eigenvalue weighted by Crippen LogP contribution is 2.32. The van der Waals surface area contributed by atoms with Gasteiger partial charge in [0, 0.05) is 38.0 Å². The Balaban J connectivity index is 1.26. The molecule has 2 aliphatic rings. The number of azo groups is 1. The van der Waals surface area contributed by atoms with Crippen molar-refractivity contribution < 1.29 is 14.0 Å². The van der Waals surface area contributed by atoms with E-state index in [2.05, 4.69) is 25.4 Å². The van der Waals surface area contributed by atoms with E-state index in [1.54, 1.807) is 35.4 Å². The second kappa shape index (κ2) is 8.84. The zero-order valence-corrected chi connectivity index (χ0v) is 20.2. The second-order valence-electron chi connectivity index (χ2n) is 9.35. The number of hydrogen-bond acceptors (Lipinski definition) is 6. The number of halogens is 1. The standard InChI is InChI=1S/C26H23FN8O2/c1-15-13-34(14-22-30-31-24(35(15)22)23-28-9-10-33(23)2)26(37)19-11-16(7-8-20(19)27)12-21-17-5-3-4-6-18(17)25(36)32-29-21/h3-11,15,21H,12-14H2,1-2H3. The number of benzene rings is 2. The van der Waals surface area contributed by atoms with Gasteiger partial charge in [-0.25, -0.2) is 9.37 Å². The van der Waals surface area contributed by atoms with Crippen molar-refractivity contribution in [2.75, 3.05) is 6.54 Å². The lowest BCUT2D eigenvalue weighted by molar-refractivity contribution is 0.0677. The number of aryl methyl sites for hydroxylation is 1. The van der Waals surface area contributed by atoms with Crippen LogP contribution in [0.4, 0.5) is 4.39 Å². The van der Waals surface area contributed by atoms with Gasteiger partial charge in [-0.1, -0.05) is 24.3 Å². The van der Waals surface area contributed by atoms with Gasteiger partial charge >= 0.3 is 0 Å². The number of aromatic nitrogens is 5. The van der Waals surface area contributed by atoms with Crippen molar-refractivity contribution in [1.29, 1.82) is 0 Å². The minimum Gasteiger partial charge on any atom is -0.331 e. The lowest BCUT2D eigenvalue weighted by Gasteiger charge is -2.32. The summed E-state index contributed by atoms with van der Waals surface area (Å²) in [6.45, 7) is 2.55. The molecule has 37 heavy (non-hydrogen) atoms. The number of amides is 2. The predicted molar refractivity (Wildman–Crippen MR) is 130 cm³/mol. The van der Waals surface area contributed by atoms with E-state index < -0.39 is 11.7 Å². The van der Waals surface area contributed by atoms with Crippen LogP contribution in [0.3, 0.4) is 0 Å². The topological polar surface area (TPSA) is 111 Å². The number of carbonyl (C=O) groups is 2. The molecule has 2 unspecified atom stereocenters. The highest BCUT2D eigenvalue weighted by atomic mass is 19.1. The fourth-order valence-electron chi connectivity index (χ4n) is 5.05. The summed E-state index contributed by atoms with van der Waals surface area (Å²) in [6.07, 6.45) is 3.91. The first kappa shape index (κ1) is 22.9. The molecule has 2 aromatic carbocycles. The van der Waals surface area contributed by atoms with Gasteiger partial charge in [-0.05, 0) is 36.2 Å². The van der Waals surface area contributed by atoms with E-state index in [0.717, 1.165) is 11.1 Å². The van der Waals surface area contributed by atoms with Crippen LogP contribution in [0.15, 0.2) is 65.1 Å². The van der Waals surface area contributed by atoms with Crippen LogP contribution in [0, 0.1) is 5.82 Å². The van der Waals surface area contributed by atoms with Crippen LogP contribution in [-0.4, -0.2) is 47.6 Å². The van der Waals surface area contributed by atoms with Crippen LogP contribution in [0.2, 0.25) is 0 Å². The van der Waals surface area contributed by atoms with E-state index in [9.17, 15) is 14.0 Å². The fraction of sp³-hybridized carbons (Fsp3) is 0.269. The van der Waals surface area contributed by atoms with Crippen LogP contribution in [0.1, 0.15) is 56.7 Å². The van der Waals surface area contributed by atoms with E-state index in [1.807, 2.05) is 41.4 Å². The maximum absolute atomic E-state index is 14.9. The number of rotatable bonds is 4. The lowest BCUT2D eigenvalue weighted by atomic mass is 9.93. The number of carbonyl (C=O) groups excluding carboxylic acids is 2. The van der Waals surface area contributed by atoms with Crippen molar-refractivity contribution in [3.05, 3.63) is 88.8 Å². The Bertz CT molecular complexity index is 1570. The lowest BCUT2D eigenvalue weighted by Crippen LogP contribution is -2.41. The molecule has 0 fully saturated rings. The van der Waals surface area contributed by atoms with Crippen molar-refractivity contribution in [3.8, 4) is 11.6 Å². The molecule has 4 aromatic rings. The fourth-order valence-corrected chi connectivity index (χ4v) is 5.05. The summed E-state index contributed by atoms with van der Waals surface area (Å²) in [7, 11) is 1.88. The monoisotopic (exact) mass is 498 g/mol. The van der Waals surface area contributed by atoms with Crippen molar-refractivity contribution in [3.63, 3.8) is 0 Å². The Morgan fingerprint density at radius 1 is 1.14 bits per heavy atom. The van der Waals surface area contributed by atoms with Gasteiger partial charge in [0.1, 0.15) is 11.9 Å². The van der Waals surface area contributed by atoms with Crippen molar-refractivity contribution in [1.82, 2.24) is 29.2 Å². The average molecular weight is 499 g/mol. The molecular weight excluding hydrogens is 475 g/mol. The maximum Gasteiger partial charge on any atom is 0.295 e. The first-order valence-corrected chi connectivity index (χ1v) is 11.9. The molecule has 4 heterocycles. The minimum absolute atomic E-state index is 0.0147. The number of hydrogen-bond donors (Lipinski definition) is 0. The van der Waals surface area contributed by atoms with Crippen molar-refractivity contribution >= 4 is 11.8 Å². The smallest absolute Gasteiger partial charge is 0.295 e. The molecule has 2 atom stereocenters. The second-order valence-corrected chi connectivity index (χ2v) is 9.35. The van der Waals surface area contributed by atoms with Crippen molar-refractivity contribution in [2.24, 2.45) is 17.3 Å². The van der Waals surface area contributed by atoms with Crippen LogP contribution in [0.25, 0.3) is 11.6 Å². The highest BCUT2D eigenvalue weighted by Gasteiger charge is 2.32. The van der Waals surface area contributed by atoms with Crippen molar-refractivity contribution in [2.45, 2.75) is 32.0 Å². The van der Waals surface area contributed by atoms with E-state index in [4.69, 9.17) is 0 Å². The third-order valence-electron chi connectivity index (χ3n) is 6.86. The summed E-state index contributed by atoms with van der Waals surface area (Å²) < 4.78 is 18.7. The molecule has 0 bridgehead atoms. The summed E-state index contributed by atoms with van der Waals surface area (Å²) in [6, 6.07) is 11.2. The molecular formula is C26H23FN8O2. The number of nitrogens with zero attached hydrogens (tertiary/aromatic N) is 8. The van der Waals surface area contributed by atoms with Gasteiger partial charge in [-0.15, -0.1) is 15.3 Å². The number of imidazole rings is 1. The maximum atomic E-state index is 14.9.